The number of amides is 1. The van der Waals surface area contributed by atoms with Gasteiger partial charge in [-0.25, -0.2) is 9.97 Å². The van der Waals surface area contributed by atoms with Gasteiger partial charge in [-0.1, -0.05) is 42.5 Å². The SMILES string of the molecule is O=C(Cc1cccc2ccccc12)Nc1ncnc2sc3c(c12)CCCC3. The molecule has 5 heteroatoms. The number of rotatable bonds is 3. The predicted molar refractivity (Wildman–Crippen MR) is 110 cm³/mol. The highest BCUT2D eigenvalue weighted by Crippen LogP contribution is 2.38. The van der Waals surface area contributed by atoms with E-state index in [-0.39, 0.29) is 5.91 Å². The molecule has 1 N–H and O–H groups in total. The molecule has 5 rings (SSSR count). The normalized spacial score (nSPS) is 13.6. The van der Waals surface area contributed by atoms with Crippen LogP contribution in [0.15, 0.2) is 48.8 Å². The van der Waals surface area contributed by atoms with Crippen LogP contribution >= 0.6 is 11.3 Å². The molecule has 0 radical (unpaired) electrons. The first kappa shape index (κ1) is 16.4. The molecule has 0 fully saturated rings. The second-order valence-electron chi connectivity index (χ2n) is 6.98. The standard InChI is InChI=1S/C22H19N3OS/c26-19(12-15-8-5-7-14-6-1-2-9-16(14)15)25-21-20-17-10-3-4-11-18(17)27-22(20)24-13-23-21/h1-2,5-9,13H,3-4,10-12H2,(H,23,24,25,26). The van der Waals surface area contributed by atoms with E-state index >= 15 is 0 Å². The third-order valence-electron chi connectivity index (χ3n) is 5.24. The number of hydrogen-bond acceptors (Lipinski definition) is 4. The summed E-state index contributed by atoms with van der Waals surface area (Å²) in [6.07, 6.45) is 6.47. The maximum atomic E-state index is 12.8. The van der Waals surface area contributed by atoms with E-state index in [4.69, 9.17) is 0 Å². The second-order valence-corrected chi connectivity index (χ2v) is 8.06. The molecule has 4 aromatic rings. The van der Waals surface area contributed by atoms with Gasteiger partial charge in [-0.05, 0) is 47.6 Å². The van der Waals surface area contributed by atoms with E-state index in [9.17, 15) is 4.79 Å². The van der Waals surface area contributed by atoms with Crippen molar-refractivity contribution < 1.29 is 4.79 Å². The third-order valence-corrected chi connectivity index (χ3v) is 6.44. The molecule has 1 aliphatic carbocycles. The summed E-state index contributed by atoms with van der Waals surface area (Å²) < 4.78 is 0. The molecule has 2 aromatic carbocycles. The zero-order valence-corrected chi connectivity index (χ0v) is 15.7. The lowest BCUT2D eigenvalue weighted by molar-refractivity contribution is -0.115. The van der Waals surface area contributed by atoms with Crippen LogP contribution in [0.25, 0.3) is 21.0 Å². The number of benzene rings is 2. The van der Waals surface area contributed by atoms with Gasteiger partial charge in [-0.15, -0.1) is 11.3 Å². The molecule has 27 heavy (non-hydrogen) atoms. The summed E-state index contributed by atoms with van der Waals surface area (Å²) in [7, 11) is 0. The van der Waals surface area contributed by atoms with Crippen LogP contribution in [0, 0.1) is 0 Å². The van der Waals surface area contributed by atoms with Crippen LogP contribution in [0.2, 0.25) is 0 Å². The summed E-state index contributed by atoms with van der Waals surface area (Å²) in [4.78, 5) is 24.0. The fraction of sp³-hybridized carbons (Fsp3) is 0.227. The van der Waals surface area contributed by atoms with Crippen molar-refractivity contribution in [3.8, 4) is 0 Å². The molecule has 1 aliphatic rings. The topological polar surface area (TPSA) is 54.9 Å². The highest BCUT2D eigenvalue weighted by atomic mass is 32.1. The van der Waals surface area contributed by atoms with E-state index in [0.717, 1.165) is 39.4 Å². The van der Waals surface area contributed by atoms with Crippen molar-refractivity contribution in [2.24, 2.45) is 0 Å². The van der Waals surface area contributed by atoms with Gasteiger partial charge < -0.3 is 5.32 Å². The van der Waals surface area contributed by atoms with Crippen LogP contribution in [0.1, 0.15) is 28.8 Å². The van der Waals surface area contributed by atoms with E-state index in [1.54, 1.807) is 17.7 Å². The lowest BCUT2D eigenvalue weighted by atomic mass is 9.97. The Labute approximate surface area is 161 Å². The molecule has 0 unspecified atom stereocenters. The van der Waals surface area contributed by atoms with E-state index < -0.39 is 0 Å². The monoisotopic (exact) mass is 373 g/mol. The first-order valence-corrected chi connectivity index (χ1v) is 10.1. The number of thiophene rings is 1. The molecule has 0 aliphatic heterocycles. The first-order valence-electron chi connectivity index (χ1n) is 9.31. The highest BCUT2D eigenvalue weighted by Gasteiger charge is 2.20. The Morgan fingerprint density at radius 3 is 2.85 bits per heavy atom. The molecule has 2 heterocycles. The average molecular weight is 373 g/mol. The van der Waals surface area contributed by atoms with Crippen molar-refractivity contribution in [3.05, 3.63) is 64.8 Å². The molecule has 0 saturated carbocycles. The van der Waals surface area contributed by atoms with Gasteiger partial charge in [0.1, 0.15) is 17.0 Å². The number of fused-ring (bicyclic) bond motifs is 4. The number of carbonyl (C=O) groups is 1. The Balaban J connectivity index is 1.47. The molecule has 134 valence electrons. The summed E-state index contributed by atoms with van der Waals surface area (Å²) in [5, 5.41) is 6.37. The predicted octanol–water partition coefficient (Wildman–Crippen LogP) is 4.90. The Morgan fingerprint density at radius 2 is 1.89 bits per heavy atom. The van der Waals surface area contributed by atoms with Gasteiger partial charge in [-0.2, -0.15) is 0 Å². The van der Waals surface area contributed by atoms with Gasteiger partial charge in [0.15, 0.2) is 0 Å². The highest BCUT2D eigenvalue weighted by molar-refractivity contribution is 7.19. The van der Waals surface area contributed by atoms with E-state index in [1.165, 1.54) is 23.3 Å². The molecular formula is C22H19N3OS. The van der Waals surface area contributed by atoms with Gasteiger partial charge in [0.05, 0.1) is 11.8 Å². The minimum atomic E-state index is -0.0397. The summed E-state index contributed by atoms with van der Waals surface area (Å²) in [6, 6.07) is 14.3. The number of aromatic nitrogens is 2. The maximum Gasteiger partial charge on any atom is 0.229 e. The number of aryl methyl sites for hydroxylation is 2. The molecule has 0 saturated heterocycles. The number of nitrogens with zero attached hydrogens (tertiary/aromatic N) is 2. The number of carbonyl (C=O) groups excluding carboxylic acids is 1. The van der Waals surface area contributed by atoms with E-state index in [0.29, 0.717) is 12.2 Å². The minimum Gasteiger partial charge on any atom is -0.310 e. The van der Waals surface area contributed by atoms with Gasteiger partial charge >= 0.3 is 0 Å². The Hall–Kier alpha value is -2.79. The number of anilines is 1. The smallest absolute Gasteiger partial charge is 0.229 e. The van der Waals surface area contributed by atoms with Crippen LogP contribution in [-0.4, -0.2) is 15.9 Å². The second kappa shape index (κ2) is 6.74. The molecule has 1 amide bonds. The fourth-order valence-corrected chi connectivity index (χ4v) is 5.21. The van der Waals surface area contributed by atoms with Crippen LogP contribution in [0.4, 0.5) is 5.82 Å². The minimum absolute atomic E-state index is 0.0397. The molecule has 0 atom stereocenters. The maximum absolute atomic E-state index is 12.8. The van der Waals surface area contributed by atoms with Crippen molar-refractivity contribution in [1.82, 2.24) is 9.97 Å². The van der Waals surface area contributed by atoms with Crippen molar-refractivity contribution in [2.45, 2.75) is 32.1 Å². The van der Waals surface area contributed by atoms with Crippen molar-refractivity contribution in [3.63, 3.8) is 0 Å². The molecule has 2 aromatic heterocycles. The Morgan fingerprint density at radius 1 is 1.04 bits per heavy atom. The molecule has 0 spiro atoms. The van der Waals surface area contributed by atoms with E-state index in [1.807, 2.05) is 24.3 Å². The molecule has 0 bridgehead atoms. The first-order chi connectivity index (χ1) is 13.3. The summed E-state index contributed by atoms with van der Waals surface area (Å²) >= 11 is 1.74. The average Bonchev–Trinajstić information content (AvgIpc) is 3.08. The summed E-state index contributed by atoms with van der Waals surface area (Å²) in [5.74, 6) is 0.617. The molecular weight excluding hydrogens is 354 g/mol. The Bertz CT molecular complexity index is 1160. The number of hydrogen-bond donors (Lipinski definition) is 1. The zero-order chi connectivity index (χ0) is 18.2. The van der Waals surface area contributed by atoms with Gasteiger partial charge in [-0.3, -0.25) is 4.79 Å². The fourth-order valence-electron chi connectivity index (χ4n) is 3.98. The van der Waals surface area contributed by atoms with Gasteiger partial charge in [0.2, 0.25) is 5.91 Å². The van der Waals surface area contributed by atoms with E-state index in [2.05, 4.69) is 33.5 Å². The third kappa shape index (κ3) is 2.98. The largest absolute Gasteiger partial charge is 0.310 e. The summed E-state index contributed by atoms with van der Waals surface area (Å²) in [5.41, 5.74) is 2.37. The number of nitrogens with one attached hydrogen (secondary N) is 1. The Kier molecular flexibility index (Phi) is 4.09. The van der Waals surface area contributed by atoms with Crippen molar-refractivity contribution in [1.29, 1.82) is 0 Å². The van der Waals surface area contributed by atoms with Crippen molar-refractivity contribution in [2.75, 3.05) is 5.32 Å². The lowest BCUT2D eigenvalue weighted by Crippen LogP contribution is -2.16. The van der Waals surface area contributed by atoms with Crippen LogP contribution in [0.3, 0.4) is 0 Å². The quantitative estimate of drug-likeness (QED) is 0.555. The van der Waals surface area contributed by atoms with Gasteiger partial charge in [0, 0.05) is 4.88 Å². The van der Waals surface area contributed by atoms with Crippen LogP contribution in [0.5, 0.6) is 0 Å². The zero-order valence-electron chi connectivity index (χ0n) is 14.9. The lowest BCUT2D eigenvalue weighted by Gasteiger charge is -2.12. The van der Waals surface area contributed by atoms with Crippen molar-refractivity contribution >= 4 is 44.1 Å². The van der Waals surface area contributed by atoms with Crippen LogP contribution < -0.4 is 5.32 Å². The van der Waals surface area contributed by atoms with Gasteiger partial charge in [0.25, 0.3) is 0 Å². The molecule has 4 nitrogen and oxygen atoms in total. The summed E-state index contributed by atoms with van der Waals surface area (Å²) in [6.45, 7) is 0. The van der Waals surface area contributed by atoms with Crippen LogP contribution in [-0.2, 0) is 24.1 Å².